The van der Waals surface area contributed by atoms with E-state index in [-0.39, 0.29) is 16.8 Å². The number of nitrogens with zero attached hydrogens (tertiary/aromatic N) is 2. The van der Waals surface area contributed by atoms with Gasteiger partial charge in [-0.15, -0.1) is 0 Å². The van der Waals surface area contributed by atoms with Crippen LogP contribution in [0.25, 0.3) is 0 Å². The summed E-state index contributed by atoms with van der Waals surface area (Å²) < 4.78 is 33.2. The van der Waals surface area contributed by atoms with E-state index in [2.05, 4.69) is 10.2 Å². The Bertz CT molecular complexity index is 1240. The molecule has 0 spiro atoms. The Morgan fingerprint density at radius 1 is 1.00 bits per heavy atom. The second kappa shape index (κ2) is 11.0. The predicted molar refractivity (Wildman–Crippen MR) is 137 cm³/mol. The molecule has 1 heterocycles. The van der Waals surface area contributed by atoms with Gasteiger partial charge in [-0.05, 0) is 42.8 Å². The summed E-state index contributed by atoms with van der Waals surface area (Å²) in [5.74, 6) is -0.317. The minimum absolute atomic E-state index is 0.0673. The van der Waals surface area contributed by atoms with Crippen LogP contribution in [0.15, 0.2) is 83.8 Å². The smallest absolute Gasteiger partial charge is 0.264 e. The molecule has 35 heavy (non-hydrogen) atoms. The van der Waals surface area contributed by atoms with Crippen LogP contribution in [0, 0.1) is 6.92 Å². The van der Waals surface area contributed by atoms with Gasteiger partial charge in [0.1, 0.15) is 0 Å². The fourth-order valence-electron chi connectivity index (χ4n) is 4.05. The van der Waals surface area contributed by atoms with Crippen molar-refractivity contribution in [1.82, 2.24) is 10.2 Å². The van der Waals surface area contributed by atoms with Gasteiger partial charge in [-0.1, -0.05) is 54.1 Å². The summed E-state index contributed by atoms with van der Waals surface area (Å²) in [5, 5.41) is 3.11. The molecule has 0 bridgehead atoms. The minimum atomic E-state index is -3.83. The highest BCUT2D eigenvalue weighted by Crippen LogP contribution is 2.23. The summed E-state index contributed by atoms with van der Waals surface area (Å²) in [7, 11) is -2.32. The minimum Gasteiger partial charge on any atom is -0.379 e. The first-order valence-electron chi connectivity index (χ1n) is 11.7. The fraction of sp³-hybridized carbons (Fsp3) is 0.296. The number of nitrogens with one attached hydrogen (secondary N) is 1. The molecular formula is C27H31N3O4S. The van der Waals surface area contributed by atoms with Crippen molar-refractivity contribution in [3.63, 3.8) is 0 Å². The van der Waals surface area contributed by atoms with Crippen molar-refractivity contribution < 1.29 is 17.9 Å². The molecule has 0 aromatic heterocycles. The van der Waals surface area contributed by atoms with Crippen molar-refractivity contribution >= 4 is 21.6 Å². The molecule has 0 radical (unpaired) electrons. The van der Waals surface area contributed by atoms with Crippen LogP contribution in [0.1, 0.15) is 27.5 Å². The zero-order valence-corrected chi connectivity index (χ0v) is 20.9. The van der Waals surface area contributed by atoms with Crippen LogP contribution in [0.5, 0.6) is 0 Å². The van der Waals surface area contributed by atoms with Crippen LogP contribution in [0.2, 0.25) is 0 Å². The molecule has 1 saturated heterocycles. The summed E-state index contributed by atoms with van der Waals surface area (Å²) in [5.41, 5.74) is 2.89. The molecule has 1 aliphatic rings. The second-order valence-electron chi connectivity index (χ2n) is 8.69. The number of morpholine rings is 1. The molecule has 1 unspecified atom stereocenters. The number of aryl methyl sites for hydroxylation is 1. The third-order valence-corrected chi connectivity index (χ3v) is 7.99. The molecule has 7 nitrogen and oxygen atoms in total. The van der Waals surface area contributed by atoms with Crippen LogP contribution in [0.4, 0.5) is 5.69 Å². The molecule has 1 atom stereocenters. The quantitative estimate of drug-likeness (QED) is 0.519. The summed E-state index contributed by atoms with van der Waals surface area (Å²) in [4.78, 5) is 15.6. The van der Waals surface area contributed by atoms with E-state index in [9.17, 15) is 13.2 Å². The SMILES string of the molecule is Cc1ccc(N(C)S(=O)(=O)c2cccc(C(=O)NC(CN3CCOCC3)c3ccccc3)c2)cc1. The van der Waals surface area contributed by atoms with E-state index >= 15 is 0 Å². The van der Waals surface area contributed by atoms with Gasteiger partial charge in [0.25, 0.3) is 15.9 Å². The number of carbonyl (C=O) groups is 1. The van der Waals surface area contributed by atoms with Crippen molar-refractivity contribution in [2.45, 2.75) is 17.9 Å². The Balaban J connectivity index is 1.55. The number of rotatable bonds is 8. The maximum Gasteiger partial charge on any atom is 0.264 e. The summed E-state index contributed by atoms with van der Waals surface area (Å²) in [6.07, 6.45) is 0. The van der Waals surface area contributed by atoms with Gasteiger partial charge in [0, 0.05) is 32.2 Å². The van der Waals surface area contributed by atoms with Crippen molar-refractivity contribution in [2.24, 2.45) is 0 Å². The predicted octanol–water partition coefficient (Wildman–Crippen LogP) is 3.62. The van der Waals surface area contributed by atoms with E-state index in [4.69, 9.17) is 4.74 Å². The van der Waals surface area contributed by atoms with E-state index in [1.165, 1.54) is 23.5 Å². The summed E-state index contributed by atoms with van der Waals surface area (Å²) in [6.45, 7) is 5.54. The molecule has 8 heteroatoms. The number of hydrogen-bond donors (Lipinski definition) is 1. The third-order valence-electron chi connectivity index (χ3n) is 6.20. The molecule has 3 aromatic rings. The van der Waals surface area contributed by atoms with E-state index in [1.54, 1.807) is 24.3 Å². The van der Waals surface area contributed by atoms with Crippen LogP contribution < -0.4 is 9.62 Å². The number of ether oxygens (including phenoxy) is 1. The molecule has 3 aromatic carbocycles. The first-order chi connectivity index (χ1) is 16.8. The Morgan fingerprint density at radius 2 is 1.69 bits per heavy atom. The van der Waals surface area contributed by atoms with Gasteiger partial charge in [-0.25, -0.2) is 8.42 Å². The average molecular weight is 494 g/mol. The second-order valence-corrected chi connectivity index (χ2v) is 10.7. The zero-order chi connectivity index (χ0) is 24.8. The highest BCUT2D eigenvalue weighted by molar-refractivity contribution is 7.92. The number of anilines is 1. The van der Waals surface area contributed by atoms with Crippen LogP contribution >= 0.6 is 0 Å². The van der Waals surface area contributed by atoms with Gasteiger partial charge in [0.15, 0.2) is 0 Å². The number of benzene rings is 3. The van der Waals surface area contributed by atoms with E-state index in [0.29, 0.717) is 31.0 Å². The molecule has 1 amide bonds. The lowest BCUT2D eigenvalue weighted by molar-refractivity contribution is 0.0332. The van der Waals surface area contributed by atoms with Gasteiger partial charge in [0.2, 0.25) is 0 Å². The maximum atomic E-state index is 13.3. The Hall–Kier alpha value is -3.20. The largest absolute Gasteiger partial charge is 0.379 e. The van der Waals surface area contributed by atoms with E-state index in [1.807, 2.05) is 49.4 Å². The lowest BCUT2D eigenvalue weighted by Gasteiger charge is -2.31. The molecular weight excluding hydrogens is 462 g/mol. The van der Waals surface area contributed by atoms with Crippen molar-refractivity contribution in [1.29, 1.82) is 0 Å². The Morgan fingerprint density at radius 3 is 2.37 bits per heavy atom. The van der Waals surface area contributed by atoms with Crippen LogP contribution in [-0.2, 0) is 14.8 Å². The molecule has 0 aliphatic carbocycles. The third kappa shape index (κ3) is 6.08. The van der Waals surface area contributed by atoms with Crippen molar-refractivity contribution in [3.05, 3.63) is 95.6 Å². The first kappa shape index (κ1) is 24.9. The van der Waals surface area contributed by atoms with Crippen molar-refractivity contribution in [3.8, 4) is 0 Å². The molecule has 1 fully saturated rings. The molecule has 4 rings (SSSR count). The standard InChI is InChI=1S/C27H31N3O4S/c1-21-11-13-24(14-12-21)29(2)35(32,33)25-10-6-9-23(19-25)27(31)28-26(22-7-4-3-5-8-22)20-30-15-17-34-18-16-30/h3-14,19,26H,15-18,20H2,1-2H3,(H,28,31). The molecule has 184 valence electrons. The summed E-state index contributed by atoms with van der Waals surface area (Å²) >= 11 is 0. The molecule has 1 N–H and O–H groups in total. The summed E-state index contributed by atoms with van der Waals surface area (Å²) in [6, 6.07) is 23.0. The van der Waals surface area contributed by atoms with Crippen LogP contribution in [-0.4, -0.2) is 59.1 Å². The van der Waals surface area contributed by atoms with E-state index < -0.39 is 10.0 Å². The Labute approximate surface area is 207 Å². The molecule has 0 saturated carbocycles. The highest BCUT2D eigenvalue weighted by Gasteiger charge is 2.24. The lowest BCUT2D eigenvalue weighted by atomic mass is 10.1. The topological polar surface area (TPSA) is 79.0 Å². The van der Waals surface area contributed by atoms with Crippen LogP contribution in [0.3, 0.4) is 0 Å². The number of carbonyl (C=O) groups excluding carboxylic acids is 1. The van der Waals surface area contributed by atoms with Gasteiger partial charge in [-0.2, -0.15) is 0 Å². The fourth-order valence-corrected chi connectivity index (χ4v) is 5.29. The first-order valence-corrected chi connectivity index (χ1v) is 13.1. The monoisotopic (exact) mass is 493 g/mol. The van der Waals surface area contributed by atoms with Gasteiger partial charge in [-0.3, -0.25) is 14.0 Å². The maximum absolute atomic E-state index is 13.3. The highest BCUT2D eigenvalue weighted by atomic mass is 32.2. The number of sulfonamides is 1. The number of amides is 1. The molecule has 1 aliphatic heterocycles. The Kier molecular flexibility index (Phi) is 7.85. The van der Waals surface area contributed by atoms with Crippen molar-refractivity contribution in [2.75, 3.05) is 44.2 Å². The lowest BCUT2D eigenvalue weighted by Crippen LogP contribution is -2.43. The zero-order valence-electron chi connectivity index (χ0n) is 20.1. The number of hydrogen-bond acceptors (Lipinski definition) is 5. The average Bonchev–Trinajstić information content (AvgIpc) is 2.89. The van der Waals surface area contributed by atoms with Gasteiger partial charge < -0.3 is 10.1 Å². The van der Waals surface area contributed by atoms with Gasteiger partial charge >= 0.3 is 0 Å². The van der Waals surface area contributed by atoms with E-state index in [0.717, 1.165) is 24.2 Å². The van der Waals surface area contributed by atoms with Gasteiger partial charge in [0.05, 0.1) is 29.8 Å². The normalized spacial score (nSPS) is 15.4.